The molecule has 0 aliphatic carbocycles. The molecule has 122 valence electrons. The number of nitrogens with one attached hydrogen (secondary N) is 1. The lowest BCUT2D eigenvalue weighted by molar-refractivity contribution is -0.121. The lowest BCUT2D eigenvalue weighted by atomic mass is 10.2. The van der Waals surface area contributed by atoms with Crippen molar-refractivity contribution >= 4 is 39.1 Å². The average molecular weight is 387 g/mol. The maximum absolute atomic E-state index is 12.3. The molecule has 0 aromatic heterocycles. The SMILES string of the molecule is C=CCN1C(=O)COc2cc(NC(=O)c3ccc(Br)cc3)ccc21. The first-order valence-corrected chi connectivity index (χ1v) is 8.13. The second-order valence-electron chi connectivity index (χ2n) is 5.23. The summed E-state index contributed by atoms with van der Waals surface area (Å²) >= 11 is 3.34. The van der Waals surface area contributed by atoms with Gasteiger partial charge < -0.3 is 15.0 Å². The van der Waals surface area contributed by atoms with Crippen LogP contribution in [0.1, 0.15) is 10.4 Å². The van der Waals surface area contributed by atoms with Crippen molar-refractivity contribution in [2.24, 2.45) is 0 Å². The van der Waals surface area contributed by atoms with Crippen LogP contribution in [-0.4, -0.2) is 25.0 Å². The van der Waals surface area contributed by atoms with E-state index < -0.39 is 0 Å². The van der Waals surface area contributed by atoms with Gasteiger partial charge in [-0.3, -0.25) is 9.59 Å². The largest absolute Gasteiger partial charge is 0.481 e. The highest BCUT2D eigenvalue weighted by Crippen LogP contribution is 2.34. The minimum atomic E-state index is -0.211. The number of anilines is 2. The molecule has 0 fully saturated rings. The molecule has 0 bridgehead atoms. The van der Waals surface area contributed by atoms with Crippen LogP contribution in [0.2, 0.25) is 0 Å². The van der Waals surface area contributed by atoms with Gasteiger partial charge in [0.2, 0.25) is 0 Å². The molecule has 1 aliphatic rings. The van der Waals surface area contributed by atoms with Crippen molar-refractivity contribution in [3.63, 3.8) is 0 Å². The molecular formula is C18H15BrN2O3. The highest BCUT2D eigenvalue weighted by Gasteiger charge is 2.24. The number of hydrogen-bond acceptors (Lipinski definition) is 3. The summed E-state index contributed by atoms with van der Waals surface area (Å²) in [6.07, 6.45) is 1.66. The second kappa shape index (κ2) is 6.88. The predicted molar refractivity (Wildman–Crippen MR) is 96.6 cm³/mol. The number of amides is 2. The summed E-state index contributed by atoms with van der Waals surface area (Å²) in [6.45, 7) is 4.06. The van der Waals surface area contributed by atoms with E-state index in [9.17, 15) is 9.59 Å². The fourth-order valence-corrected chi connectivity index (χ4v) is 2.68. The molecule has 0 saturated heterocycles. The van der Waals surface area contributed by atoms with E-state index in [0.717, 1.165) is 4.47 Å². The van der Waals surface area contributed by atoms with E-state index in [4.69, 9.17) is 4.74 Å². The van der Waals surface area contributed by atoms with Gasteiger partial charge in [-0.05, 0) is 36.4 Å². The number of halogens is 1. The Morgan fingerprint density at radius 2 is 2.04 bits per heavy atom. The minimum Gasteiger partial charge on any atom is -0.481 e. The quantitative estimate of drug-likeness (QED) is 0.816. The molecule has 1 heterocycles. The van der Waals surface area contributed by atoms with Gasteiger partial charge in [0, 0.05) is 28.3 Å². The molecule has 0 unspecified atom stereocenters. The highest BCUT2D eigenvalue weighted by atomic mass is 79.9. The van der Waals surface area contributed by atoms with E-state index in [0.29, 0.717) is 29.2 Å². The molecule has 1 aliphatic heterocycles. The molecule has 0 saturated carbocycles. The van der Waals surface area contributed by atoms with Crippen LogP contribution in [0.3, 0.4) is 0 Å². The van der Waals surface area contributed by atoms with Crippen molar-refractivity contribution in [1.82, 2.24) is 0 Å². The van der Waals surface area contributed by atoms with Crippen molar-refractivity contribution in [3.05, 3.63) is 65.2 Å². The van der Waals surface area contributed by atoms with E-state index in [1.165, 1.54) is 0 Å². The van der Waals surface area contributed by atoms with Crippen molar-refractivity contribution in [2.75, 3.05) is 23.4 Å². The van der Waals surface area contributed by atoms with Crippen LogP contribution in [0.25, 0.3) is 0 Å². The molecular weight excluding hydrogens is 372 g/mol. The third-order valence-corrected chi connectivity index (χ3v) is 4.11. The number of benzene rings is 2. The Morgan fingerprint density at radius 1 is 1.29 bits per heavy atom. The minimum absolute atomic E-state index is 0.0229. The van der Waals surface area contributed by atoms with E-state index in [2.05, 4.69) is 27.8 Å². The molecule has 3 rings (SSSR count). The standard InChI is InChI=1S/C18H15BrN2O3/c1-2-9-21-15-8-7-14(10-16(15)24-11-17(21)22)20-18(23)12-3-5-13(19)6-4-12/h2-8,10H,1,9,11H2,(H,20,23). The molecule has 2 amide bonds. The first-order valence-electron chi connectivity index (χ1n) is 7.33. The molecule has 24 heavy (non-hydrogen) atoms. The Morgan fingerprint density at radius 3 is 2.75 bits per heavy atom. The fraction of sp³-hybridized carbons (Fsp3) is 0.111. The highest BCUT2D eigenvalue weighted by molar-refractivity contribution is 9.10. The Balaban J connectivity index is 1.81. The number of ether oxygens (including phenoxy) is 1. The van der Waals surface area contributed by atoms with Crippen molar-refractivity contribution in [3.8, 4) is 5.75 Å². The zero-order valence-corrected chi connectivity index (χ0v) is 14.4. The summed E-state index contributed by atoms with van der Waals surface area (Å²) in [4.78, 5) is 25.8. The van der Waals surface area contributed by atoms with Gasteiger partial charge in [-0.25, -0.2) is 0 Å². The van der Waals surface area contributed by atoms with Crippen molar-refractivity contribution in [2.45, 2.75) is 0 Å². The summed E-state index contributed by atoms with van der Waals surface area (Å²) in [5.41, 5.74) is 1.84. The Bertz CT molecular complexity index is 802. The summed E-state index contributed by atoms with van der Waals surface area (Å²) in [7, 11) is 0. The van der Waals surface area contributed by atoms with Gasteiger partial charge >= 0.3 is 0 Å². The van der Waals surface area contributed by atoms with E-state index in [-0.39, 0.29) is 18.4 Å². The van der Waals surface area contributed by atoms with Crippen LogP contribution >= 0.6 is 15.9 Å². The third kappa shape index (κ3) is 3.33. The van der Waals surface area contributed by atoms with E-state index in [1.54, 1.807) is 41.3 Å². The number of carbonyl (C=O) groups excluding carboxylic acids is 2. The van der Waals surface area contributed by atoms with Gasteiger partial charge in [-0.2, -0.15) is 0 Å². The van der Waals surface area contributed by atoms with Crippen LogP contribution in [0, 0.1) is 0 Å². The van der Waals surface area contributed by atoms with E-state index >= 15 is 0 Å². The van der Waals surface area contributed by atoms with Crippen LogP contribution < -0.4 is 15.0 Å². The van der Waals surface area contributed by atoms with Gasteiger partial charge in [0.1, 0.15) is 5.75 Å². The van der Waals surface area contributed by atoms with Crippen molar-refractivity contribution in [1.29, 1.82) is 0 Å². The lowest BCUT2D eigenvalue weighted by Gasteiger charge is -2.28. The number of fused-ring (bicyclic) bond motifs is 1. The zero-order chi connectivity index (χ0) is 17.1. The zero-order valence-electron chi connectivity index (χ0n) is 12.8. The molecule has 2 aromatic rings. The summed E-state index contributed by atoms with van der Waals surface area (Å²) in [5, 5.41) is 2.83. The van der Waals surface area contributed by atoms with Crippen molar-refractivity contribution < 1.29 is 14.3 Å². The number of carbonyl (C=O) groups is 2. The summed E-state index contributed by atoms with van der Waals surface area (Å²) in [5.74, 6) is 0.233. The maximum Gasteiger partial charge on any atom is 0.265 e. The molecule has 1 N–H and O–H groups in total. The van der Waals surface area contributed by atoms with Gasteiger partial charge in [0.25, 0.3) is 11.8 Å². The molecule has 2 aromatic carbocycles. The van der Waals surface area contributed by atoms with Crippen LogP contribution in [0.4, 0.5) is 11.4 Å². The van der Waals surface area contributed by atoms with Crippen LogP contribution in [0.5, 0.6) is 5.75 Å². The first kappa shape index (κ1) is 16.3. The van der Waals surface area contributed by atoms with E-state index in [1.807, 2.05) is 12.1 Å². The van der Waals surface area contributed by atoms with Gasteiger partial charge in [0.15, 0.2) is 6.61 Å². The number of hydrogen-bond donors (Lipinski definition) is 1. The Labute approximate surface area is 148 Å². The molecule has 0 radical (unpaired) electrons. The normalized spacial score (nSPS) is 13.0. The first-order chi connectivity index (χ1) is 11.6. The molecule has 6 heteroatoms. The number of nitrogens with zero attached hydrogens (tertiary/aromatic N) is 1. The lowest BCUT2D eigenvalue weighted by Crippen LogP contribution is -2.38. The molecule has 0 atom stereocenters. The van der Waals surface area contributed by atoms with Crippen LogP contribution in [-0.2, 0) is 4.79 Å². The molecule has 0 spiro atoms. The summed E-state index contributed by atoms with van der Waals surface area (Å²) < 4.78 is 6.38. The smallest absolute Gasteiger partial charge is 0.265 e. The monoisotopic (exact) mass is 386 g/mol. The Hall–Kier alpha value is -2.60. The fourth-order valence-electron chi connectivity index (χ4n) is 2.42. The Kier molecular flexibility index (Phi) is 4.66. The van der Waals surface area contributed by atoms with Gasteiger partial charge in [-0.1, -0.05) is 22.0 Å². The third-order valence-electron chi connectivity index (χ3n) is 3.58. The predicted octanol–water partition coefficient (Wildman–Crippen LogP) is 3.61. The second-order valence-corrected chi connectivity index (χ2v) is 6.14. The number of rotatable bonds is 4. The average Bonchev–Trinajstić information content (AvgIpc) is 2.58. The van der Waals surface area contributed by atoms with Gasteiger partial charge in [0.05, 0.1) is 5.69 Å². The van der Waals surface area contributed by atoms with Gasteiger partial charge in [-0.15, -0.1) is 6.58 Å². The molecule has 5 nitrogen and oxygen atoms in total. The maximum atomic E-state index is 12.3. The van der Waals surface area contributed by atoms with Crippen LogP contribution in [0.15, 0.2) is 59.6 Å². The topological polar surface area (TPSA) is 58.6 Å². The summed E-state index contributed by atoms with van der Waals surface area (Å²) in [6, 6.07) is 12.3.